The fraction of sp³-hybridized carbons (Fsp3) is 0.414. The number of likely N-dealkylation sites (N-methyl/N-ethyl adjacent to an activating group) is 1. The van der Waals surface area contributed by atoms with Crippen LogP contribution in [0.3, 0.4) is 0 Å². The molecule has 40 heavy (non-hydrogen) atoms. The SMILES string of the molecule is COc1ccc(CCN(C)c2cc(Cl)nc(SCc3cccc(C(=O)NCCN4CCOCC4)c3)n2)cc1OC. The highest BCUT2D eigenvalue weighted by molar-refractivity contribution is 7.98. The maximum absolute atomic E-state index is 12.7. The molecule has 9 nitrogen and oxygen atoms in total. The second kappa shape index (κ2) is 15.1. The second-order valence-electron chi connectivity index (χ2n) is 9.39. The molecule has 0 unspecified atom stereocenters. The van der Waals surface area contributed by atoms with Crippen LogP contribution in [0, 0.1) is 0 Å². The number of thioether (sulfide) groups is 1. The Kier molecular flexibility index (Phi) is 11.3. The van der Waals surface area contributed by atoms with Crippen LogP contribution in [-0.2, 0) is 16.9 Å². The Labute approximate surface area is 245 Å². The van der Waals surface area contributed by atoms with Crippen molar-refractivity contribution < 1.29 is 19.0 Å². The molecule has 214 valence electrons. The lowest BCUT2D eigenvalue weighted by Gasteiger charge is -2.26. The van der Waals surface area contributed by atoms with Crippen molar-refractivity contribution in [3.8, 4) is 11.5 Å². The van der Waals surface area contributed by atoms with E-state index in [0.29, 0.717) is 39.7 Å². The third kappa shape index (κ3) is 8.72. The predicted octanol–water partition coefficient (Wildman–Crippen LogP) is 4.18. The molecule has 0 spiro atoms. The van der Waals surface area contributed by atoms with E-state index < -0.39 is 0 Å². The van der Waals surface area contributed by atoms with Gasteiger partial charge in [0.1, 0.15) is 11.0 Å². The summed E-state index contributed by atoms with van der Waals surface area (Å²) in [4.78, 5) is 26.2. The van der Waals surface area contributed by atoms with E-state index >= 15 is 0 Å². The molecule has 1 aliphatic heterocycles. The van der Waals surface area contributed by atoms with E-state index in [9.17, 15) is 4.79 Å². The summed E-state index contributed by atoms with van der Waals surface area (Å²) in [6, 6.07) is 15.3. The van der Waals surface area contributed by atoms with Crippen molar-refractivity contribution >= 4 is 35.1 Å². The van der Waals surface area contributed by atoms with Crippen molar-refractivity contribution in [2.75, 3.05) is 72.1 Å². The van der Waals surface area contributed by atoms with Crippen LogP contribution in [0.1, 0.15) is 21.5 Å². The van der Waals surface area contributed by atoms with Crippen molar-refractivity contribution in [3.05, 3.63) is 70.4 Å². The van der Waals surface area contributed by atoms with Crippen molar-refractivity contribution in [2.45, 2.75) is 17.3 Å². The molecule has 1 amide bonds. The van der Waals surface area contributed by atoms with Crippen LogP contribution in [0.4, 0.5) is 5.82 Å². The molecule has 1 aliphatic rings. The number of amides is 1. The molecule has 4 rings (SSSR count). The zero-order valence-electron chi connectivity index (χ0n) is 23.2. The fourth-order valence-corrected chi connectivity index (χ4v) is 5.32. The summed E-state index contributed by atoms with van der Waals surface area (Å²) in [6.07, 6.45) is 0.794. The molecule has 0 aliphatic carbocycles. The van der Waals surface area contributed by atoms with E-state index in [1.165, 1.54) is 11.8 Å². The number of nitrogens with one attached hydrogen (secondary N) is 1. The number of aromatic nitrogens is 2. The van der Waals surface area contributed by atoms with Crippen molar-refractivity contribution in [1.29, 1.82) is 0 Å². The predicted molar refractivity (Wildman–Crippen MR) is 159 cm³/mol. The number of carbonyl (C=O) groups excluding carboxylic acids is 1. The van der Waals surface area contributed by atoms with Crippen molar-refractivity contribution in [3.63, 3.8) is 0 Å². The average molecular weight is 586 g/mol. The molecule has 1 saturated heterocycles. The van der Waals surface area contributed by atoms with Crippen molar-refractivity contribution in [2.24, 2.45) is 0 Å². The summed E-state index contributed by atoms with van der Waals surface area (Å²) in [5, 5.41) is 3.99. The van der Waals surface area contributed by atoms with E-state index in [1.54, 1.807) is 20.3 Å². The van der Waals surface area contributed by atoms with Crippen LogP contribution >= 0.6 is 23.4 Å². The van der Waals surface area contributed by atoms with Gasteiger partial charge in [-0.1, -0.05) is 41.6 Å². The quantitative estimate of drug-likeness (QED) is 0.180. The van der Waals surface area contributed by atoms with Gasteiger partial charge in [-0.2, -0.15) is 0 Å². The highest BCUT2D eigenvalue weighted by Gasteiger charge is 2.13. The van der Waals surface area contributed by atoms with E-state index in [0.717, 1.165) is 62.8 Å². The zero-order valence-corrected chi connectivity index (χ0v) is 24.8. The normalized spacial score (nSPS) is 13.6. The number of rotatable bonds is 13. The lowest BCUT2D eigenvalue weighted by atomic mass is 10.1. The number of benzene rings is 2. The van der Waals surface area contributed by atoms with Crippen LogP contribution < -0.4 is 19.7 Å². The number of nitrogens with zero attached hydrogens (tertiary/aromatic N) is 4. The molecule has 0 saturated carbocycles. The first-order chi connectivity index (χ1) is 19.4. The summed E-state index contributed by atoms with van der Waals surface area (Å²) in [7, 11) is 5.24. The van der Waals surface area contributed by atoms with E-state index in [4.69, 9.17) is 30.8 Å². The molecule has 1 fully saturated rings. The molecular formula is C29H36ClN5O4S. The van der Waals surface area contributed by atoms with Crippen LogP contribution in [0.15, 0.2) is 53.7 Å². The zero-order chi connectivity index (χ0) is 28.3. The first kappa shape index (κ1) is 29.9. The van der Waals surface area contributed by atoms with Crippen LogP contribution in [-0.4, -0.2) is 88.0 Å². The molecule has 1 aromatic heterocycles. The Bertz CT molecular complexity index is 1270. The summed E-state index contributed by atoms with van der Waals surface area (Å²) in [6.45, 7) is 5.48. The molecule has 1 N–H and O–H groups in total. The number of methoxy groups -OCH3 is 2. The largest absolute Gasteiger partial charge is 0.493 e. The standard InChI is InChI=1S/C29H36ClN5O4S/c1-34(11-9-21-7-8-24(37-2)25(18-21)38-3)27-19-26(30)32-29(33-27)40-20-22-5-4-6-23(17-22)28(36)31-10-12-35-13-15-39-16-14-35/h4-8,17-19H,9-16,20H2,1-3H3,(H,31,36). The molecule has 3 aromatic rings. The maximum Gasteiger partial charge on any atom is 0.251 e. The highest BCUT2D eigenvalue weighted by Crippen LogP contribution is 2.28. The van der Waals surface area contributed by atoms with Gasteiger partial charge in [-0.25, -0.2) is 9.97 Å². The number of carbonyl (C=O) groups is 1. The Morgan fingerprint density at radius 3 is 2.65 bits per heavy atom. The number of ether oxygens (including phenoxy) is 3. The molecule has 2 aromatic carbocycles. The molecule has 0 radical (unpaired) electrons. The smallest absolute Gasteiger partial charge is 0.251 e. The lowest BCUT2D eigenvalue weighted by Crippen LogP contribution is -2.41. The Balaban J connectivity index is 1.30. The van der Waals surface area contributed by atoms with Gasteiger partial charge in [-0.3, -0.25) is 9.69 Å². The number of hydrogen-bond donors (Lipinski definition) is 1. The van der Waals surface area contributed by atoms with E-state index in [1.807, 2.05) is 49.5 Å². The Hall–Kier alpha value is -3.05. The minimum absolute atomic E-state index is 0.0718. The van der Waals surface area contributed by atoms with Gasteiger partial charge in [0.25, 0.3) is 5.91 Å². The van der Waals surface area contributed by atoms with Gasteiger partial charge < -0.3 is 24.4 Å². The first-order valence-electron chi connectivity index (χ1n) is 13.2. The second-order valence-corrected chi connectivity index (χ2v) is 10.7. The number of halogens is 1. The summed E-state index contributed by atoms with van der Waals surface area (Å²) in [5.74, 6) is 2.71. The summed E-state index contributed by atoms with van der Waals surface area (Å²) in [5.41, 5.74) is 2.78. The van der Waals surface area contributed by atoms with E-state index in [2.05, 4.69) is 20.1 Å². The van der Waals surface area contributed by atoms with Crippen LogP contribution in [0.2, 0.25) is 5.15 Å². The minimum Gasteiger partial charge on any atom is -0.493 e. The van der Waals surface area contributed by atoms with Gasteiger partial charge in [0.05, 0.1) is 27.4 Å². The third-order valence-corrected chi connectivity index (χ3v) is 7.72. The van der Waals surface area contributed by atoms with Gasteiger partial charge in [-0.05, 0) is 41.8 Å². The van der Waals surface area contributed by atoms with Gasteiger partial charge >= 0.3 is 0 Å². The Morgan fingerprint density at radius 1 is 1.07 bits per heavy atom. The van der Waals surface area contributed by atoms with Gasteiger partial charge in [0.15, 0.2) is 16.7 Å². The third-order valence-electron chi connectivity index (χ3n) is 6.61. The lowest BCUT2D eigenvalue weighted by molar-refractivity contribution is 0.0383. The maximum atomic E-state index is 12.7. The molecule has 2 heterocycles. The first-order valence-corrected chi connectivity index (χ1v) is 14.6. The highest BCUT2D eigenvalue weighted by atomic mass is 35.5. The van der Waals surface area contributed by atoms with Crippen LogP contribution in [0.25, 0.3) is 0 Å². The number of hydrogen-bond acceptors (Lipinski definition) is 9. The summed E-state index contributed by atoms with van der Waals surface area (Å²) >= 11 is 7.84. The van der Waals surface area contributed by atoms with Gasteiger partial charge in [0, 0.05) is 57.2 Å². The number of morpholine rings is 1. The molecular weight excluding hydrogens is 550 g/mol. The van der Waals surface area contributed by atoms with Gasteiger partial charge in [0.2, 0.25) is 0 Å². The van der Waals surface area contributed by atoms with Gasteiger partial charge in [-0.15, -0.1) is 0 Å². The number of anilines is 1. The monoisotopic (exact) mass is 585 g/mol. The average Bonchev–Trinajstić information content (AvgIpc) is 2.99. The van der Waals surface area contributed by atoms with Crippen LogP contribution in [0.5, 0.6) is 11.5 Å². The topological polar surface area (TPSA) is 89.1 Å². The minimum atomic E-state index is -0.0718. The molecule has 0 atom stereocenters. The van der Waals surface area contributed by atoms with Crippen molar-refractivity contribution in [1.82, 2.24) is 20.2 Å². The molecule has 11 heteroatoms. The summed E-state index contributed by atoms with van der Waals surface area (Å²) < 4.78 is 16.1. The van der Waals surface area contributed by atoms with E-state index in [-0.39, 0.29) is 5.91 Å². The molecule has 0 bridgehead atoms. The Morgan fingerprint density at radius 2 is 1.88 bits per heavy atom. The fourth-order valence-electron chi connectivity index (χ4n) is 4.30.